The van der Waals surface area contributed by atoms with Crippen molar-refractivity contribution in [2.45, 2.75) is 13.0 Å². The van der Waals surface area contributed by atoms with Crippen LogP contribution in [-0.2, 0) is 16.6 Å². The van der Waals surface area contributed by atoms with E-state index in [1.54, 1.807) is 12.3 Å². The van der Waals surface area contributed by atoms with Crippen LogP contribution in [0.2, 0.25) is 0 Å². The normalized spacial score (nSPS) is 20.5. The molecule has 25 heavy (non-hydrogen) atoms. The van der Waals surface area contributed by atoms with Gasteiger partial charge in [-0.1, -0.05) is 6.07 Å². The van der Waals surface area contributed by atoms with Gasteiger partial charge in [-0.2, -0.15) is 5.26 Å². The smallest absolute Gasteiger partial charge is 0.213 e. The van der Waals surface area contributed by atoms with Crippen molar-refractivity contribution in [1.82, 2.24) is 15.0 Å². The molecule has 1 aromatic carbocycles. The van der Waals surface area contributed by atoms with Crippen LogP contribution in [0.1, 0.15) is 12.0 Å². The molecule has 2 heterocycles. The molecular formula is C17H20N4O3S. The first-order valence-electron chi connectivity index (χ1n) is 7.98. The summed E-state index contributed by atoms with van der Waals surface area (Å²) in [7, 11) is -2.08. The minimum Gasteiger partial charge on any atom is -0.496 e. The summed E-state index contributed by atoms with van der Waals surface area (Å²) in [4.78, 5) is 4.35. The van der Waals surface area contributed by atoms with Crippen LogP contribution in [0.3, 0.4) is 0 Å². The molecule has 0 bridgehead atoms. The summed E-state index contributed by atoms with van der Waals surface area (Å²) in [5, 5.41) is 13.3. The van der Waals surface area contributed by atoms with Gasteiger partial charge in [-0.05, 0) is 31.2 Å². The Balaban J connectivity index is 1.83. The molecule has 1 aromatic heterocycles. The number of hydrogen-bond acceptors (Lipinski definition) is 6. The first-order chi connectivity index (χ1) is 12.0. The Kier molecular flexibility index (Phi) is 4.90. The van der Waals surface area contributed by atoms with Gasteiger partial charge in [0, 0.05) is 30.2 Å². The molecule has 0 amide bonds. The number of methoxy groups -OCH3 is 1. The zero-order chi connectivity index (χ0) is 17.9. The number of aromatic nitrogens is 1. The summed E-state index contributed by atoms with van der Waals surface area (Å²) < 4.78 is 33.0. The van der Waals surface area contributed by atoms with Crippen LogP contribution in [-0.4, -0.2) is 39.4 Å². The fourth-order valence-corrected chi connectivity index (χ4v) is 4.65. The van der Waals surface area contributed by atoms with Gasteiger partial charge in [0.05, 0.1) is 29.9 Å². The maximum atomic E-state index is 12.5. The summed E-state index contributed by atoms with van der Waals surface area (Å²) in [6, 6.07) is 9.58. The average molecular weight is 360 g/mol. The Morgan fingerprint density at radius 1 is 1.44 bits per heavy atom. The molecule has 7 nitrogen and oxygen atoms in total. The zero-order valence-electron chi connectivity index (χ0n) is 13.9. The molecule has 1 atom stereocenters. The topological polar surface area (TPSA) is 104 Å². The summed E-state index contributed by atoms with van der Waals surface area (Å²) in [5.74, 6) is 0.357. The standard InChI is InChI=1S/C17H20N4O3S/c1-24-15-5-4-13-3-2-7-20-16(13)14(15)9-21-25(22,23)12-17(10-18)6-8-19-11-17/h2-5,7,19,21H,6,8-9,11-12H2,1H3. The van der Waals surface area contributed by atoms with E-state index >= 15 is 0 Å². The molecule has 132 valence electrons. The number of ether oxygens (including phenoxy) is 1. The summed E-state index contributed by atoms with van der Waals surface area (Å²) in [6.07, 6.45) is 2.19. The zero-order valence-corrected chi connectivity index (χ0v) is 14.8. The number of benzene rings is 1. The van der Waals surface area contributed by atoms with E-state index in [1.807, 2.05) is 18.2 Å². The van der Waals surface area contributed by atoms with Gasteiger partial charge in [0.25, 0.3) is 0 Å². The molecule has 1 aliphatic heterocycles. The van der Waals surface area contributed by atoms with Gasteiger partial charge in [0.1, 0.15) is 5.75 Å². The van der Waals surface area contributed by atoms with Crippen molar-refractivity contribution in [3.63, 3.8) is 0 Å². The molecule has 8 heteroatoms. The maximum absolute atomic E-state index is 12.5. The SMILES string of the molecule is COc1ccc2cccnc2c1CNS(=O)(=O)CC1(C#N)CCNC1. The predicted molar refractivity (Wildman–Crippen MR) is 94.5 cm³/mol. The highest BCUT2D eigenvalue weighted by atomic mass is 32.2. The molecule has 0 spiro atoms. The van der Waals surface area contributed by atoms with E-state index in [1.165, 1.54) is 7.11 Å². The second-order valence-electron chi connectivity index (χ2n) is 6.22. The number of pyridine rings is 1. The van der Waals surface area contributed by atoms with Crippen molar-refractivity contribution in [2.24, 2.45) is 5.41 Å². The van der Waals surface area contributed by atoms with E-state index < -0.39 is 15.4 Å². The Labute approximate surface area is 147 Å². The Bertz CT molecular complexity index is 915. The fourth-order valence-electron chi connectivity index (χ4n) is 3.14. The van der Waals surface area contributed by atoms with E-state index in [0.717, 1.165) is 5.39 Å². The summed E-state index contributed by atoms with van der Waals surface area (Å²) >= 11 is 0. The first kappa shape index (κ1) is 17.6. The van der Waals surface area contributed by atoms with E-state index in [4.69, 9.17) is 4.74 Å². The molecule has 0 saturated carbocycles. The molecule has 0 radical (unpaired) electrons. The van der Waals surface area contributed by atoms with Gasteiger partial charge in [-0.25, -0.2) is 13.1 Å². The van der Waals surface area contributed by atoms with Crippen LogP contribution >= 0.6 is 0 Å². The third kappa shape index (κ3) is 3.74. The highest BCUT2D eigenvalue weighted by molar-refractivity contribution is 7.89. The van der Waals surface area contributed by atoms with Crippen LogP contribution in [0.4, 0.5) is 0 Å². The van der Waals surface area contributed by atoms with Gasteiger partial charge in [0.15, 0.2) is 0 Å². The monoisotopic (exact) mass is 360 g/mol. The van der Waals surface area contributed by atoms with E-state index in [9.17, 15) is 13.7 Å². The average Bonchev–Trinajstić information content (AvgIpc) is 3.07. The van der Waals surface area contributed by atoms with Gasteiger partial charge in [-0.3, -0.25) is 4.98 Å². The second kappa shape index (κ2) is 6.96. The number of nitrogens with one attached hydrogen (secondary N) is 2. The quantitative estimate of drug-likeness (QED) is 0.801. The lowest BCUT2D eigenvalue weighted by atomic mass is 9.92. The number of sulfonamides is 1. The third-order valence-electron chi connectivity index (χ3n) is 4.47. The Morgan fingerprint density at radius 2 is 2.28 bits per heavy atom. The van der Waals surface area contributed by atoms with Gasteiger partial charge >= 0.3 is 0 Å². The highest BCUT2D eigenvalue weighted by Crippen LogP contribution is 2.28. The van der Waals surface area contributed by atoms with Crippen molar-refractivity contribution in [1.29, 1.82) is 5.26 Å². The fraction of sp³-hybridized carbons (Fsp3) is 0.412. The Hall–Kier alpha value is -2.21. The van der Waals surface area contributed by atoms with Crippen molar-refractivity contribution < 1.29 is 13.2 Å². The lowest BCUT2D eigenvalue weighted by molar-refractivity contribution is 0.410. The minimum absolute atomic E-state index is 0.0643. The summed E-state index contributed by atoms with van der Waals surface area (Å²) in [6.45, 7) is 1.11. The van der Waals surface area contributed by atoms with Crippen molar-refractivity contribution in [3.05, 3.63) is 36.0 Å². The molecule has 2 aromatic rings. The maximum Gasteiger partial charge on any atom is 0.213 e. The molecule has 2 N–H and O–H groups in total. The van der Waals surface area contributed by atoms with E-state index in [-0.39, 0.29) is 12.3 Å². The van der Waals surface area contributed by atoms with Crippen molar-refractivity contribution in [3.8, 4) is 11.8 Å². The minimum atomic E-state index is -3.62. The summed E-state index contributed by atoms with van der Waals surface area (Å²) in [5.41, 5.74) is 0.509. The van der Waals surface area contributed by atoms with Crippen LogP contribution in [0.5, 0.6) is 5.75 Å². The third-order valence-corrected chi connectivity index (χ3v) is 5.99. The number of nitriles is 1. The lowest BCUT2D eigenvalue weighted by Crippen LogP contribution is -2.37. The lowest BCUT2D eigenvalue weighted by Gasteiger charge is -2.19. The molecule has 1 fully saturated rings. The molecule has 1 aliphatic rings. The molecule has 1 saturated heterocycles. The number of fused-ring (bicyclic) bond motifs is 1. The number of hydrogen-bond donors (Lipinski definition) is 2. The van der Waals surface area contributed by atoms with Crippen LogP contribution in [0.25, 0.3) is 10.9 Å². The van der Waals surface area contributed by atoms with Crippen molar-refractivity contribution in [2.75, 3.05) is 26.0 Å². The van der Waals surface area contributed by atoms with E-state index in [0.29, 0.717) is 36.3 Å². The van der Waals surface area contributed by atoms with Crippen LogP contribution in [0, 0.1) is 16.7 Å². The number of rotatable bonds is 6. The van der Waals surface area contributed by atoms with Gasteiger partial charge < -0.3 is 10.1 Å². The molecule has 1 unspecified atom stereocenters. The van der Waals surface area contributed by atoms with Gasteiger partial charge in [-0.15, -0.1) is 0 Å². The Morgan fingerprint density at radius 3 is 2.96 bits per heavy atom. The number of nitrogens with zero attached hydrogens (tertiary/aromatic N) is 2. The molecular weight excluding hydrogens is 340 g/mol. The highest BCUT2D eigenvalue weighted by Gasteiger charge is 2.38. The van der Waals surface area contributed by atoms with E-state index in [2.05, 4.69) is 21.1 Å². The van der Waals surface area contributed by atoms with Crippen molar-refractivity contribution >= 4 is 20.9 Å². The van der Waals surface area contributed by atoms with Crippen LogP contribution < -0.4 is 14.8 Å². The predicted octanol–water partition coefficient (Wildman–Crippen LogP) is 1.17. The molecule has 0 aliphatic carbocycles. The molecule has 3 rings (SSSR count). The van der Waals surface area contributed by atoms with Gasteiger partial charge in [0.2, 0.25) is 10.0 Å². The first-order valence-corrected chi connectivity index (χ1v) is 9.64. The largest absolute Gasteiger partial charge is 0.496 e. The van der Waals surface area contributed by atoms with Crippen LogP contribution in [0.15, 0.2) is 30.5 Å². The second-order valence-corrected chi connectivity index (χ2v) is 8.03.